The zero-order valence-corrected chi connectivity index (χ0v) is 12.3. The predicted molar refractivity (Wildman–Crippen MR) is 75.0 cm³/mol. The van der Waals surface area contributed by atoms with Crippen LogP contribution in [0.4, 0.5) is 0 Å². The largest absolute Gasteiger partial charge is 0.316 e. The number of rotatable bonds is 6. The molecule has 1 heteroatoms. The van der Waals surface area contributed by atoms with Crippen LogP contribution < -0.4 is 5.32 Å². The normalized spacial score (nSPS) is 37.9. The van der Waals surface area contributed by atoms with Gasteiger partial charge >= 0.3 is 0 Å². The van der Waals surface area contributed by atoms with Gasteiger partial charge in [0.05, 0.1) is 0 Å². The molecular formula is C16H31N. The minimum Gasteiger partial charge on any atom is -0.316 e. The topological polar surface area (TPSA) is 12.0 Å². The molecule has 0 aromatic rings. The lowest BCUT2D eigenvalue weighted by Gasteiger charge is -2.43. The molecule has 2 aliphatic carbocycles. The van der Waals surface area contributed by atoms with E-state index in [1.807, 2.05) is 0 Å². The van der Waals surface area contributed by atoms with Crippen molar-refractivity contribution in [3.05, 3.63) is 0 Å². The van der Waals surface area contributed by atoms with E-state index in [1.165, 1.54) is 45.2 Å². The highest BCUT2D eigenvalue weighted by molar-refractivity contribution is 5.03. The highest BCUT2D eigenvalue weighted by Gasteiger charge is 2.52. The van der Waals surface area contributed by atoms with Crippen LogP contribution in [0.15, 0.2) is 0 Å². The van der Waals surface area contributed by atoms with E-state index < -0.39 is 0 Å². The van der Waals surface area contributed by atoms with Crippen LogP contribution in [-0.2, 0) is 0 Å². The van der Waals surface area contributed by atoms with Gasteiger partial charge < -0.3 is 5.32 Å². The molecule has 0 radical (unpaired) electrons. The highest BCUT2D eigenvalue weighted by Crippen LogP contribution is 2.59. The van der Waals surface area contributed by atoms with Crippen LogP contribution in [0.3, 0.4) is 0 Å². The monoisotopic (exact) mass is 237 g/mol. The Kier molecular flexibility index (Phi) is 4.18. The molecule has 17 heavy (non-hydrogen) atoms. The van der Waals surface area contributed by atoms with E-state index in [0.717, 1.165) is 23.7 Å². The molecule has 0 aromatic carbocycles. The van der Waals surface area contributed by atoms with Crippen molar-refractivity contribution in [1.82, 2.24) is 5.32 Å². The minimum atomic E-state index is 0.645. The average Bonchev–Trinajstić information content (AvgIpc) is 2.88. The van der Waals surface area contributed by atoms with Crippen molar-refractivity contribution in [3.63, 3.8) is 0 Å². The molecule has 1 N–H and O–H groups in total. The van der Waals surface area contributed by atoms with Gasteiger partial charge in [-0.15, -0.1) is 0 Å². The van der Waals surface area contributed by atoms with Crippen molar-refractivity contribution in [2.75, 3.05) is 13.1 Å². The zero-order chi connectivity index (χ0) is 12.5. The lowest BCUT2D eigenvalue weighted by molar-refractivity contribution is 0.0792. The van der Waals surface area contributed by atoms with Gasteiger partial charge in [-0.1, -0.05) is 40.5 Å². The first-order chi connectivity index (χ1) is 8.08. The second-order valence-corrected chi connectivity index (χ2v) is 7.15. The van der Waals surface area contributed by atoms with Crippen molar-refractivity contribution < 1.29 is 0 Å². The van der Waals surface area contributed by atoms with Gasteiger partial charge in [-0.3, -0.25) is 0 Å². The van der Waals surface area contributed by atoms with Gasteiger partial charge in [0.25, 0.3) is 0 Å². The first-order valence-electron chi connectivity index (χ1n) is 7.79. The second-order valence-electron chi connectivity index (χ2n) is 7.15. The van der Waals surface area contributed by atoms with Crippen LogP contribution in [0.2, 0.25) is 0 Å². The first kappa shape index (κ1) is 13.4. The molecule has 4 atom stereocenters. The number of hydrogen-bond acceptors (Lipinski definition) is 1. The van der Waals surface area contributed by atoms with Gasteiger partial charge in [-0.2, -0.15) is 0 Å². The van der Waals surface area contributed by atoms with Gasteiger partial charge in [0.1, 0.15) is 0 Å². The first-order valence-corrected chi connectivity index (χ1v) is 7.79. The van der Waals surface area contributed by atoms with E-state index in [4.69, 9.17) is 0 Å². The third kappa shape index (κ3) is 2.54. The molecule has 0 amide bonds. The summed E-state index contributed by atoms with van der Waals surface area (Å²) < 4.78 is 0. The Bertz CT molecular complexity index is 248. The number of fused-ring (bicyclic) bond motifs is 2. The van der Waals surface area contributed by atoms with Crippen LogP contribution in [0.1, 0.15) is 59.8 Å². The van der Waals surface area contributed by atoms with Crippen molar-refractivity contribution in [1.29, 1.82) is 0 Å². The maximum Gasteiger partial charge on any atom is 0.00132 e. The Morgan fingerprint density at radius 2 is 2.00 bits per heavy atom. The SMILES string of the molecule is CCC(C)C1(CNCC(C)C)CC2CCC1C2. The van der Waals surface area contributed by atoms with Gasteiger partial charge in [0.2, 0.25) is 0 Å². The summed E-state index contributed by atoms with van der Waals surface area (Å²) in [7, 11) is 0. The van der Waals surface area contributed by atoms with Crippen LogP contribution in [-0.4, -0.2) is 13.1 Å². The van der Waals surface area contributed by atoms with Crippen LogP contribution >= 0.6 is 0 Å². The van der Waals surface area contributed by atoms with Gasteiger partial charge in [0, 0.05) is 6.54 Å². The molecule has 2 aliphatic rings. The maximum atomic E-state index is 3.77. The smallest absolute Gasteiger partial charge is 0.00132 e. The number of hydrogen-bond donors (Lipinski definition) is 1. The fraction of sp³-hybridized carbons (Fsp3) is 1.00. The summed E-state index contributed by atoms with van der Waals surface area (Å²) in [5.41, 5.74) is 0.645. The van der Waals surface area contributed by atoms with Crippen LogP contribution in [0, 0.1) is 29.1 Å². The third-order valence-corrected chi connectivity index (χ3v) is 5.62. The second kappa shape index (κ2) is 5.30. The lowest BCUT2D eigenvalue weighted by Crippen LogP contribution is -2.44. The predicted octanol–water partition coefficient (Wildman–Crippen LogP) is 4.08. The summed E-state index contributed by atoms with van der Waals surface area (Å²) in [6.45, 7) is 12.0. The Labute approximate surface area is 108 Å². The summed E-state index contributed by atoms with van der Waals surface area (Å²) in [4.78, 5) is 0. The van der Waals surface area contributed by atoms with Gasteiger partial charge in [-0.25, -0.2) is 0 Å². The molecule has 0 aromatic heterocycles. The lowest BCUT2D eigenvalue weighted by atomic mass is 9.64. The van der Waals surface area contributed by atoms with E-state index in [9.17, 15) is 0 Å². The van der Waals surface area contributed by atoms with Crippen LogP contribution in [0.25, 0.3) is 0 Å². The molecule has 1 nitrogen and oxygen atoms in total. The Morgan fingerprint density at radius 3 is 2.47 bits per heavy atom. The fourth-order valence-electron chi connectivity index (χ4n) is 4.48. The fourth-order valence-corrected chi connectivity index (χ4v) is 4.48. The van der Waals surface area contributed by atoms with E-state index in [1.54, 1.807) is 0 Å². The molecule has 0 spiro atoms. The Morgan fingerprint density at radius 1 is 1.24 bits per heavy atom. The summed E-state index contributed by atoms with van der Waals surface area (Å²) in [5.74, 6) is 3.77. The minimum absolute atomic E-state index is 0.645. The molecule has 2 saturated carbocycles. The van der Waals surface area contributed by atoms with E-state index in [0.29, 0.717) is 5.41 Å². The summed E-state index contributed by atoms with van der Waals surface area (Å²) in [5, 5.41) is 3.77. The highest BCUT2D eigenvalue weighted by atomic mass is 14.9. The molecule has 4 unspecified atom stereocenters. The zero-order valence-electron chi connectivity index (χ0n) is 12.3. The van der Waals surface area contributed by atoms with Crippen LogP contribution in [0.5, 0.6) is 0 Å². The summed E-state index contributed by atoms with van der Waals surface area (Å²) in [6, 6.07) is 0. The molecule has 0 aliphatic heterocycles. The third-order valence-electron chi connectivity index (χ3n) is 5.62. The molecule has 0 heterocycles. The molecule has 100 valence electrons. The van der Waals surface area contributed by atoms with Crippen molar-refractivity contribution >= 4 is 0 Å². The van der Waals surface area contributed by atoms with Crippen molar-refractivity contribution in [2.24, 2.45) is 29.1 Å². The quantitative estimate of drug-likeness (QED) is 0.734. The van der Waals surface area contributed by atoms with Gasteiger partial charge in [0.15, 0.2) is 0 Å². The van der Waals surface area contributed by atoms with E-state index in [-0.39, 0.29) is 0 Å². The summed E-state index contributed by atoms with van der Waals surface area (Å²) >= 11 is 0. The molecule has 2 bridgehead atoms. The Hall–Kier alpha value is -0.0400. The summed E-state index contributed by atoms with van der Waals surface area (Å²) in [6.07, 6.45) is 7.43. The molecule has 0 saturated heterocycles. The van der Waals surface area contributed by atoms with Crippen molar-refractivity contribution in [2.45, 2.75) is 59.8 Å². The molecular weight excluding hydrogens is 206 g/mol. The average molecular weight is 237 g/mol. The standard InChI is InChI=1S/C16H31N/c1-5-13(4)16(11-17-10-12(2)3)9-14-6-7-15(16)8-14/h12-15,17H,5-11H2,1-4H3. The molecule has 2 fully saturated rings. The Balaban J connectivity index is 1.99. The number of nitrogens with one attached hydrogen (secondary N) is 1. The van der Waals surface area contributed by atoms with Crippen molar-refractivity contribution in [3.8, 4) is 0 Å². The van der Waals surface area contributed by atoms with Gasteiger partial charge in [-0.05, 0) is 54.9 Å². The maximum absolute atomic E-state index is 3.77. The van der Waals surface area contributed by atoms with E-state index in [2.05, 4.69) is 33.0 Å². The molecule has 2 rings (SSSR count). The van der Waals surface area contributed by atoms with E-state index >= 15 is 0 Å².